The lowest BCUT2D eigenvalue weighted by atomic mass is 10.1. The fourth-order valence-electron chi connectivity index (χ4n) is 2.07. The Balaban J connectivity index is 1.94. The topological polar surface area (TPSA) is 52.8 Å². The number of benzene rings is 1. The average Bonchev–Trinajstić information content (AvgIpc) is 2.93. The maximum absolute atomic E-state index is 9.82. The summed E-state index contributed by atoms with van der Waals surface area (Å²) in [5.74, 6) is 0.245. The summed E-state index contributed by atoms with van der Waals surface area (Å²) < 4.78 is 1.97. The van der Waals surface area contributed by atoms with Gasteiger partial charge in [-0.25, -0.2) is 0 Å². The molecule has 1 aromatic carbocycles. The molecule has 0 amide bonds. The Morgan fingerprint density at radius 2 is 1.95 bits per heavy atom. The molecule has 0 aliphatic heterocycles. The van der Waals surface area contributed by atoms with Crippen LogP contribution in [0.2, 0.25) is 0 Å². The number of nitrogens with zero attached hydrogens (tertiary/aromatic N) is 2. The molecule has 0 saturated heterocycles. The van der Waals surface area contributed by atoms with Crippen LogP contribution in [0.15, 0.2) is 61.2 Å². The largest absolute Gasteiger partial charge is 0.503 e. The minimum atomic E-state index is 0.245. The van der Waals surface area contributed by atoms with Crippen LogP contribution in [-0.4, -0.2) is 15.3 Å². The van der Waals surface area contributed by atoms with Gasteiger partial charge in [-0.1, -0.05) is 30.3 Å². The zero-order valence-corrected chi connectivity index (χ0v) is 10.3. The van der Waals surface area contributed by atoms with E-state index in [2.05, 4.69) is 22.3 Å². The van der Waals surface area contributed by atoms with Crippen molar-refractivity contribution in [2.24, 2.45) is 0 Å². The fourth-order valence-corrected chi connectivity index (χ4v) is 2.07. The minimum Gasteiger partial charge on any atom is -0.503 e. The van der Waals surface area contributed by atoms with Crippen LogP contribution in [0.5, 0.6) is 5.75 Å². The van der Waals surface area contributed by atoms with E-state index in [1.54, 1.807) is 18.5 Å². The zero-order valence-electron chi connectivity index (χ0n) is 10.3. The molecule has 0 unspecified atom stereocenters. The fraction of sp³-hybridized carbons (Fsp3) is 0.0667. The van der Waals surface area contributed by atoms with Crippen molar-refractivity contribution in [2.45, 2.75) is 6.54 Å². The molecule has 0 saturated carbocycles. The van der Waals surface area contributed by atoms with Gasteiger partial charge >= 0.3 is 0 Å². The normalized spacial score (nSPS) is 10.5. The summed E-state index contributed by atoms with van der Waals surface area (Å²) in [6.45, 7) is 0.722. The van der Waals surface area contributed by atoms with E-state index in [4.69, 9.17) is 0 Å². The van der Waals surface area contributed by atoms with Gasteiger partial charge in [-0.3, -0.25) is 5.10 Å². The quantitative estimate of drug-likeness (QED) is 0.701. The van der Waals surface area contributed by atoms with Crippen molar-refractivity contribution in [1.29, 1.82) is 0 Å². The van der Waals surface area contributed by atoms with Crippen molar-refractivity contribution in [1.82, 2.24) is 10.2 Å². The standard InChI is InChI=1S/C15H13N3O/c19-15-6-13(14-7-16-17-8-14)10-18(11-15)9-12-4-2-1-3-5-12/h1-8,10-11H,9H2,(H-,16,17,19)/p+1. The molecule has 19 heavy (non-hydrogen) atoms. The molecule has 4 nitrogen and oxygen atoms in total. The molecule has 2 N–H and O–H groups in total. The summed E-state index contributed by atoms with van der Waals surface area (Å²) in [7, 11) is 0. The molecule has 94 valence electrons. The molecule has 3 aromatic rings. The van der Waals surface area contributed by atoms with Crippen LogP contribution in [0, 0.1) is 0 Å². The Bertz CT molecular complexity index is 663. The third kappa shape index (κ3) is 2.63. The highest BCUT2D eigenvalue weighted by molar-refractivity contribution is 5.60. The summed E-state index contributed by atoms with van der Waals surface area (Å²) in [5, 5.41) is 16.5. The molecular weight excluding hydrogens is 238 g/mol. The van der Waals surface area contributed by atoms with Crippen LogP contribution >= 0.6 is 0 Å². The van der Waals surface area contributed by atoms with E-state index in [0.717, 1.165) is 17.7 Å². The summed E-state index contributed by atoms with van der Waals surface area (Å²) in [6, 6.07) is 11.9. The van der Waals surface area contributed by atoms with Gasteiger partial charge < -0.3 is 5.11 Å². The predicted molar refractivity (Wildman–Crippen MR) is 71.4 cm³/mol. The second kappa shape index (κ2) is 4.94. The molecular formula is C15H14N3O+. The van der Waals surface area contributed by atoms with Crippen molar-refractivity contribution in [3.63, 3.8) is 0 Å². The van der Waals surface area contributed by atoms with E-state index in [0.29, 0.717) is 0 Å². The second-order valence-corrected chi connectivity index (χ2v) is 4.43. The molecule has 4 heteroatoms. The smallest absolute Gasteiger partial charge is 0.211 e. The van der Waals surface area contributed by atoms with Gasteiger partial charge in [-0.05, 0) is 0 Å². The summed E-state index contributed by atoms with van der Waals surface area (Å²) in [5.41, 5.74) is 3.08. The van der Waals surface area contributed by atoms with E-state index < -0.39 is 0 Å². The predicted octanol–water partition coefficient (Wildman–Crippen LogP) is 2.12. The van der Waals surface area contributed by atoms with Gasteiger partial charge in [-0.15, -0.1) is 0 Å². The highest BCUT2D eigenvalue weighted by atomic mass is 16.3. The van der Waals surface area contributed by atoms with E-state index in [-0.39, 0.29) is 5.75 Å². The Morgan fingerprint density at radius 3 is 2.68 bits per heavy atom. The highest BCUT2D eigenvalue weighted by Gasteiger charge is 2.10. The third-order valence-corrected chi connectivity index (χ3v) is 2.95. The van der Waals surface area contributed by atoms with Crippen LogP contribution in [0.3, 0.4) is 0 Å². The number of aromatic amines is 1. The van der Waals surface area contributed by atoms with Gasteiger partial charge in [0.1, 0.15) is 0 Å². The van der Waals surface area contributed by atoms with E-state index >= 15 is 0 Å². The first-order valence-corrected chi connectivity index (χ1v) is 6.07. The summed E-state index contributed by atoms with van der Waals surface area (Å²) in [6.07, 6.45) is 7.26. The minimum absolute atomic E-state index is 0.245. The van der Waals surface area contributed by atoms with Crippen molar-refractivity contribution < 1.29 is 9.67 Å². The molecule has 0 radical (unpaired) electrons. The van der Waals surface area contributed by atoms with Gasteiger partial charge in [0.2, 0.25) is 6.20 Å². The van der Waals surface area contributed by atoms with Crippen LogP contribution < -0.4 is 4.57 Å². The molecule has 0 aliphatic carbocycles. The molecule has 0 aliphatic rings. The third-order valence-electron chi connectivity index (χ3n) is 2.95. The molecule has 0 bridgehead atoms. The first-order chi connectivity index (χ1) is 9.31. The number of nitrogens with one attached hydrogen (secondary N) is 1. The molecule has 2 aromatic heterocycles. The van der Waals surface area contributed by atoms with E-state index in [1.807, 2.05) is 35.2 Å². The SMILES string of the molecule is Oc1cc(-c2cn[nH]c2)c[n+](Cc2ccccc2)c1. The lowest BCUT2D eigenvalue weighted by molar-refractivity contribution is -0.688. The van der Waals surface area contributed by atoms with Gasteiger partial charge in [0.15, 0.2) is 18.5 Å². The average molecular weight is 252 g/mol. The first kappa shape index (κ1) is 11.5. The van der Waals surface area contributed by atoms with Gasteiger partial charge in [-0.2, -0.15) is 9.67 Å². The Labute approximate surface area is 111 Å². The van der Waals surface area contributed by atoms with E-state index in [1.165, 1.54) is 5.56 Å². The van der Waals surface area contributed by atoms with Crippen molar-refractivity contribution in [3.8, 4) is 16.9 Å². The van der Waals surface area contributed by atoms with Gasteiger partial charge in [0.05, 0.1) is 11.8 Å². The van der Waals surface area contributed by atoms with Gasteiger partial charge in [0, 0.05) is 23.4 Å². The number of pyridine rings is 1. The molecule has 2 heterocycles. The van der Waals surface area contributed by atoms with Crippen molar-refractivity contribution in [3.05, 3.63) is 66.7 Å². The van der Waals surface area contributed by atoms with Crippen LogP contribution in [-0.2, 0) is 6.54 Å². The number of aromatic hydroxyl groups is 1. The number of aromatic nitrogens is 3. The monoisotopic (exact) mass is 252 g/mol. The molecule has 0 atom stereocenters. The Kier molecular flexibility index (Phi) is 2.98. The van der Waals surface area contributed by atoms with Crippen LogP contribution in [0.25, 0.3) is 11.1 Å². The number of hydrogen-bond donors (Lipinski definition) is 2. The molecule has 0 spiro atoms. The van der Waals surface area contributed by atoms with Crippen LogP contribution in [0.1, 0.15) is 5.56 Å². The van der Waals surface area contributed by atoms with Gasteiger partial charge in [0.25, 0.3) is 0 Å². The first-order valence-electron chi connectivity index (χ1n) is 6.07. The Morgan fingerprint density at radius 1 is 1.11 bits per heavy atom. The highest BCUT2D eigenvalue weighted by Crippen LogP contribution is 2.19. The van der Waals surface area contributed by atoms with Crippen LogP contribution in [0.4, 0.5) is 0 Å². The summed E-state index contributed by atoms with van der Waals surface area (Å²) >= 11 is 0. The number of rotatable bonds is 3. The lowest BCUT2D eigenvalue weighted by Gasteiger charge is -2.01. The maximum atomic E-state index is 9.82. The zero-order chi connectivity index (χ0) is 13.1. The van der Waals surface area contributed by atoms with Crippen molar-refractivity contribution in [2.75, 3.05) is 0 Å². The lowest BCUT2D eigenvalue weighted by Crippen LogP contribution is -2.33. The molecule has 0 fully saturated rings. The number of hydrogen-bond acceptors (Lipinski definition) is 2. The maximum Gasteiger partial charge on any atom is 0.211 e. The van der Waals surface area contributed by atoms with Crippen molar-refractivity contribution >= 4 is 0 Å². The van der Waals surface area contributed by atoms with E-state index in [9.17, 15) is 5.11 Å². The molecule has 3 rings (SSSR count). The second-order valence-electron chi connectivity index (χ2n) is 4.43. The number of H-pyrrole nitrogens is 1. The summed E-state index contributed by atoms with van der Waals surface area (Å²) in [4.78, 5) is 0. The Hall–Kier alpha value is -2.62.